The molecule has 28 heavy (non-hydrogen) atoms. The van der Waals surface area contributed by atoms with Crippen LogP contribution in [-0.2, 0) is 11.3 Å². The average Bonchev–Trinajstić information content (AvgIpc) is 3.28. The van der Waals surface area contributed by atoms with E-state index in [9.17, 15) is 18.4 Å². The standard InChI is InChI=1S/C19H17F2N3O2S2/c1-11-24-16(10-27-11)17-5-3-13(28-17)9-23-18(25)6-7-22-19(26)14-4-2-12(20)8-15(14)21/h2-5,8,10H,6-7,9H2,1H3,(H,22,26)(H,23,25). The molecule has 0 spiro atoms. The number of amides is 2. The van der Waals surface area contributed by atoms with Crippen molar-refractivity contribution in [1.29, 1.82) is 0 Å². The van der Waals surface area contributed by atoms with Gasteiger partial charge >= 0.3 is 0 Å². The summed E-state index contributed by atoms with van der Waals surface area (Å²) in [5.74, 6) is -2.62. The SMILES string of the molecule is Cc1nc(-c2ccc(CNC(=O)CCNC(=O)c3ccc(F)cc3F)s2)cs1. The maximum atomic E-state index is 13.5. The van der Waals surface area contributed by atoms with Gasteiger partial charge in [-0.2, -0.15) is 0 Å². The summed E-state index contributed by atoms with van der Waals surface area (Å²) in [6, 6.07) is 6.63. The molecule has 146 valence electrons. The van der Waals surface area contributed by atoms with Gasteiger partial charge in [-0.3, -0.25) is 9.59 Å². The molecule has 0 aliphatic carbocycles. The fourth-order valence-corrected chi connectivity index (χ4v) is 4.02. The van der Waals surface area contributed by atoms with E-state index in [0.717, 1.165) is 32.6 Å². The summed E-state index contributed by atoms with van der Waals surface area (Å²) in [7, 11) is 0. The van der Waals surface area contributed by atoms with Crippen molar-refractivity contribution in [1.82, 2.24) is 15.6 Å². The van der Waals surface area contributed by atoms with Gasteiger partial charge in [0.1, 0.15) is 11.6 Å². The zero-order valence-electron chi connectivity index (χ0n) is 14.9. The molecule has 0 aliphatic rings. The Bertz CT molecular complexity index is 1000. The second-order valence-electron chi connectivity index (χ2n) is 5.92. The van der Waals surface area contributed by atoms with Gasteiger partial charge in [0, 0.05) is 29.3 Å². The number of hydrogen-bond acceptors (Lipinski definition) is 5. The summed E-state index contributed by atoms with van der Waals surface area (Å²) >= 11 is 3.14. The zero-order chi connectivity index (χ0) is 20.1. The Balaban J connectivity index is 1.42. The van der Waals surface area contributed by atoms with Crippen molar-refractivity contribution in [2.45, 2.75) is 19.9 Å². The predicted octanol–water partition coefficient (Wildman–Crippen LogP) is 3.89. The van der Waals surface area contributed by atoms with Crippen molar-refractivity contribution in [3.63, 3.8) is 0 Å². The number of carbonyl (C=O) groups is 2. The minimum atomic E-state index is -0.939. The first kappa shape index (κ1) is 20.1. The molecule has 0 fully saturated rings. The monoisotopic (exact) mass is 421 g/mol. The van der Waals surface area contributed by atoms with Gasteiger partial charge in [-0.25, -0.2) is 13.8 Å². The minimum absolute atomic E-state index is 0.0509. The van der Waals surface area contributed by atoms with Gasteiger partial charge in [0.05, 0.1) is 27.7 Å². The number of carbonyl (C=O) groups excluding carboxylic acids is 2. The summed E-state index contributed by atoms with van der Waals surface area (Å²) in [6.45, 7) is 2.38. The molecule has 3 rings (SSSR count). The van der Waals surface area contributed by atoms with Gasteiger partial charge in [0.15, 0.2) is 0 Å². The van der Waals surface area contributed by atoms with Crippen LogP contribution in [0.3, 0.4) is 0 Å². The molecule has 2 N–H and O–H groups in total. The Kier molecular flexibility index (Phi) is 6.48. The van der Waals surface area contributed by atoms with Crippen LogP contribution in [0.2, 0.25) is 0 Å². The van der Waals surface area contributed by atoms with Crippen LogP contribution in [0.1, 0.15) is 26.7 Å². The molecule has 2 aromatic heterocycles. The molecule has 0 saturated carbocycles. The highest BCUT2D eigenvalue weighted by molar-refractivity contribution is 7.16. The van der Waals surface area contributed by atoms with Crippen LogP contribution in [0.25, 0.3) is 10.6 Å². The largest absolute Gasteiger partial charge is 0.351 e. The Morgan fingerprint density at radius 3 is 2.68 bits per heavy atom. The van der Waals surface area contributed by atoms with Crippen LogP contribution < -0.4 is 10.6 Å². The van der Waals surface area contributed by atoms with E-state index < -0.39 is 17.5 Å². The Morgan fingerprint density at radius 2 is 1.96 bits per heavy atom. The highest BCUT2D eigenvalue weighted by Crippen LogP contribution is 2.28. The zero-order valence-corrected chi connectivity index (χ0v) is 16.6. The Labute approximate surface area is 168 Å². The number of halogens is 2. The number of benzene rings is 1. The molecule has 5 nitrogen and oxygen atoms in total. The molecule has 0 unspecified atom stereocenters. The van der Waals surface area contributed by atoms with E-state index in [0.29, 0.717) is 12.6 Å². The molecule has 0 atom stereocenters. The summed E-state index contributed by atoms with van der Waals surface area (Å²) < 4.78 is 26.4. The first-order valence-corrected chi connectivity index (χ1v) is 10.1. The predicted molar refractivity (Wildman–Crippen MR) is 105 cm³/mol. The van der Waals surface area contributed by atoms with Crippen LogP contribution in [0.15, 0.2) is 35.7 Å². The maximum Gasteiger partial charge on any atom is 0.254 e. The fourth-order valence-electron chi connectivity index (χ4n) is 2.42. The number of hydrogen-bond donors (Lipinski definition) is 2. The molecule has 2 heterocycles. The highest BCUT2D eigenvalue weighted by Gasteiger charge is 2.13. The van der Waals surface area contributed by atoms with E-state index in [1.165, 1.54) is 0 Å². The molecule has 0 radical (unpaired) electrons. The average molecular weight is 421 g/mol. The second kappa shape index (κ2) is 9.03. The van der Waals surface area contributed by atoms with Crippen molar-refractivity contribution in [2.24, 2.45) is 0 Å². The van der Waals surface area contributed by atoms with Crippen molar-refractivity contribution < 1.29 is 18.4 Å². The van der Waals surface area contributed by atoms with E-state index in [-0.39, 0.29) is 24.4 Å². The number of thiazole rings is 1. The number of nitrogens with zero attached hydrogens (tertiary/aromatic N) is 1. The third-order valence-electron chi connectivity index (χ3n) is 3.81. The van der Waals surface area contributed by atoms with Gasteiger partial charge in [0.25, 0.3) is 5.91 Å². The first-order chi connectivity index (χ1) is 13.4. The first-order valence-electron chi connectivity index (χ1n) is 8.43. The van der Waals surface area contributed by atoms with Crippen molar-refractivity contribution in [3.8, 4) is 10.6 Å². The van der Waals surface area contributed by atoms with Crippen LogP contribution in [-0.4, -0.2) is 23.3 Å². The highest BCUT2D eigenvalue weighted by atomic mass is 32.1. The second-order valence-corrected chi connectivity index (χ2v) is 8.16. The molecule has 3 aromatic rings. The summed E-state index contributed by atoms with van der Waals surface area (Å²) in [4.78, 5) is 30.3. The van der Waals surface area contributed by atoms with E-state index in [1.54, 1.807) is 22.7 Å². The lowest BCUT2D eigenvalue weighted by molar-refractivity contribution is -0.121. The van der Waals surface area contributed by atoms with Gasteiger partial charge in [0.2, 0.25) is 5.91 Å². The Morgan fingerprint density at radius 1 is 1.14 bits per heavy atom. The van der Waals surface area contributed by atoms with Gasteiger partial charge in [-0.05, 0) is 31.2 Å². The van der Waals surface area contributed by atoms with E-state index in [1.807, 2.05) is 24.4 Å². The van der Waals surface area contributed by atoms with Crippen LogP contribution >= 0.6 is 22.7 Å². The fraction of sp³-hybridized carbons (Fsp3) is 0.211. The molecule has 0 aliphatic heterocycles. The summed E-state index contributed by atoms with van der Waals surface area (Å²) in [6.07, 6.45) is 0.0536. The summed E-state index contributed by atoms with van der Waals surface area (Å²) in [5.41, 5.74) is 0.672. The molecular weight excluding hydrogens is 404 g/mol. The van der Waals surface area contributed by atoms with Gasteiger partial charge in [-0.15, -0.1) is 22.7 Å². The topological polar surface area (TPSA) is 71.1 Å². The number of aryl methyl sites for hydroxylation is 1. The third-order valence-corrected chi connectivity index (χ3v) is 5.69. The minimum Gasteiger partial charge on any atom is -0.351 e. The van der Waals surface area contributed by atoms with Crippen LogP contribution in [0.5, 0.6) is 0 Å². The molecule has 1 aromatic carbocycles. The molecule has 9 heteroatoms. The van der Waals surface area contributed by atoms with E-state index in [4.69, 9.17) is 0 Å². The number of rotatable bonds is 7. The van der Waals surface area contributed by atoms with Gasteiger partial charge in [-0.1, -0.05) is 0 Å². The van der Waals surface area contributed by atoms with Crippen LogP contribution in [0.4, 0.5) is 8.78 Å². The van der Waals surface area contributed by atoms with E-state index >= 15 is 0 Å². The van der Waals surface area contributed by atoms with Crippen molar-refractivity contribution >= 4 is 34.5 Å². The lowest BCUT2D eigenvalue weighted by atomic mass is 10.2. The van der Waals surface area contributed by atoms with Gasteiger partial charge < -0.3 is 10.6 Å². The molecule has 0 saturated heterocycles. The van der Waals surface area contributed by atoms with Crippen molar-refractivity contribution in [2.75, 3.05) is 6.54 Å². The normalized spacial score (nSPS) is 10.7. The maximum absolute atomic E-state index is 13.5. The number of nitrogens with one attached hydrogen (secondary N) is 2. The van der Waals surface area contributed by atoms with Crippen LogP contribution in [0, 0.1) is 18.6 Å². The number of aromatic nitrogens is 1. The lowest BCUT2D eigenvalue weighted by Crippen LogP contribution is -2.30. The molecule has 2 amide bonds. The lowest BCUT2D eigenvalue weighted by Gasteiger charge is -2.07. The molecular formula is C19H17F2N3O2S2. The molecule has 0 bridgehead atoms. The van der Waals surface area contributed by atoms with E-state index in [2.05, 4.69) is 15.6 Å². The third kappa shape index (κ3) is 5.20. The quantitative estimate of drug-likeness (QED) is 0.608. The Hall–Kier alpha value is -2.65. The smallest absolute Gasteiger partial charge is 0.254 e. The van der Waals surface area contributed by atoms with Crippen molar-refractivity contribution in [3.05, 3.63) is 62.8 Å². The number of thiophene rings is 1. The summed E-state index contributed by atoms with van der Waals surface area (Å²) in [5, 5.41) is 8.23.